The van der Waals surface area contributed by atoms with Gasteiger partial charge in [-0.2, -0.15) is 0 Å². The van der Waals surface area contributed by atoms with Crippen molar-refractivity contribution in [1.29, 1.82) is 0 Å². The number of nitrogens with one attached hydrogen (secondary N) is 1. The molecule has 0 saturated heterocycles. The van der Waals surface area contributed by atoms with E-state index < -0.39 is 0 Å². The molecular weight excluding hydrogens is 352 g/mol. The van der Waals surface area contributed by atoms with E-state index in [1.165, 1.54) is 11.1 Å². The van der Waals surface area contributed by atoms with Crippen LogP contribution in [0.4, 0.5) is 4.79 Å². The summed E-state index contributed by atoms with van der Waals surface area (Å²) in [4.78, 5) is 25.9. The molecule has 28 heavy (non-hydrogen) atoms. The average Bonchev–Trinajstić information content (AvgIpc) is 3.16. The van der Waals surface area contributed by atoms with Crippen molar-refractivity contribution < 1.29 is 15.8 Å². The van der Waals surface area contributed by atoms with E-state index in [9.17, 15) is 9.59 Å². The van der Waals surface area contributed by atoms with E-state index in [0.29, 0.717) is 32.7 Å². The van der Waals surface area contributed by atoms with E-state index in [-0.39, 0.29) is 13.4 Å². The van der Waals surface area contributed by atoms with Crippen molar-refractivity contribution in [3.63, 3.8) is 0 Å². The van der Waals surface area contributed by atoms with Gasteiger partial charge in [0.25, 0.3) is 0 Å². The second-order valence-corrected chi connectivity index (χ2v) is 7.44. The average molecular weight is 385 g/mol. The van der Waals surface area contributed by atoms with Gasteiger partial charge in [-0.1, -0.05) is 55.3 Å². The number of carbonyl (C=O) groups is 2. The molecule has 5 nitrogen and oxygen atoms in total. The zero-order chi connectivity index (χ0) is 19.6. The molecule has 152 valence electrons. The molecule has 1 aromatic carbocycles. The molecule has 1 heterocycles. The first-order chi connectivity index (χ1) is 13.7. The topological polar surface area (TPSA) is 58.6 Å². The van der Waals surface area contributed by atoms with Gasteiger partial charge in [0, 0.05) is 27.5 Å². The largest absolute Gasteiger partial charge is 0.461 e. The molecule has 0 radical (unpaired) electrons. The molecule has 1 aliphatic carbocycles. The third-order valence-corrected chi connectivity index (χ3v) is 5.18. The summed E-state index contributed by atoms with van der Waals surface area (Å²) in [5, 5.41) is 3.00. The summed E-state index contributed by atoms with van der Waals surface area (Å²) < 4.78 is 5.30. The quantitative estimate of drug-likeness (QED) is 0.495. The molecule has 5 heteroatoms. The van der Waals surface area contributed by atoms with Crippen LogP contribution in [0.2, 0.25) is 0 Å². The maximum absolute atomic E-state index is 12.2. The fourth-order valence-electron chi connectivity index (χ4n) is 3.54. The van der Waals surface area contributed by atoms with Crippen molar-refractivity contribution >= 4 is 12.0 Å². The van der Waals surface area contributed by atoms with Gasteiger partial charge >= 0.3 is 12.0 Å². The molecular formula is C23H32N2O3. The molecule has 2 aliphatic rings. The lowest BCUT2D eigenvalue weighted by Crippen LogP contribution is -2.36. The second-order valence-electron chi connectivity index (χ2n) is 7.44. The van der Waals surface area contributed by atoms with Crippen LogP contribution in [0, 0.1) is 0 Å². The number of nitrogens with zero attached hydrogens (tertiary/aromatic N) is 1. The Morgan fingerprint density at radius 3 is 2.50 bits per heavy atom. The van der Waals surface area contributed by atoms with Crippen molar-refractivity contribution in [3.05, 3.63) is 59.2 Å². The number of hydrogen-bond acceptors (Lipinski definition) is 3. The molecule has 0 bridgehead atoms. The van der Waals surface area contributed by atoms with E-state index >= 15 is 0 Å². The zero-order valence-corrected chi connectivity index (χ0v) is 16.5. The summed E-state index contributed by atoms with van der Waals surface area (Å²) in [6, 6.07) is 8.19. The van der Waals surface area contributed by atoms with Gasteiger partial charge in [-0.25, -0.2) is 4.79 Å². The number of amides is 2. The summed E-state index contributed by atoms with van der Waals surface area (Å²) in [5.41, 5.74) is 3.57. The maximum atomic E-state index is 12.2. The number of ether oxygens (including phenoxy) is 1. The maximum Gasteiger partial charge on any atom is 0.318 e. The molecule has 0 aromatic heterocycles. The molecule has 1 N–H and O–H groups in total. The minimum atomic E-state index is -0.123. The first kappa shape index (κ1) is 20.2. The predicted molar refractivity (Wildman–Crippen MR) is 112 cm³/mol. The Hall–Kier alpha value is -2.56. The Bertz CT molecular complexity index is 720. The van der Waals surface area contributed by atoms with Crippen molar-refractivity contribution in [2.45, 2.75) is 58.0 Å². The lowest BCUT2D eigenvalue weighted by molar-refractivity contribution is -0.142. The predicted octanol–water partition coefficient (Wildman–Crippen LogP) is 4.73. The van der Waals surface area contributed by atoms with Crippen LogP contribution in [0.25, 0.3) is 0 Å². The molecule has 0 unspecified atom stereocenters. The standard InChI is InChI=1S/C23H30N2O3.H2/c26-22(28-18-19-10-4-3-5-11-19)14-6-1-2-9-15-24-23(27)25-16-20-12-7-8-13-21(20)17-25;/h4,7-8,10-13H,1-3,5-6,9,14-18H2,(H,24,27);1H. The number of benzene rings is 1. The normalized spacial score (nSPS) is 15.1. The molecule has 3 rings (SSSR count). The minimum Gasteiger partial charge on any atom is -0.461 e. The first-order valence-electron chi connectivity index (χ1n) is 10.3. The van der Waals surface area contributed by atoms with Gasteiger partial charge in [0.15, 0.2) is 0 Å². The van der Waals surface area contributed by atoms with Crippen LogP contribution in [-0.4, -0.2) is 30.1 Å². The number of rotatable bonds is 9. The first-order valence-corrected chi connectivity index (χ1v) is 10.3. The van der Waals surface area contributed by atoms with Crippen molar-refractivity contribution in [3.8, 4) is 0 Å². The number of allylic oxidation sites excluding steroid dienone is 2. The molecule has 0 fully saturated rings. The van der Waals surface area contributed by atoms with Crippen LogP contribution < -0.4 is 5.32 Å². The Labute approximate surface area is 168 Å². The number of hydrogen-bond donors (Lipinski definition) is 1. The number of esters is 1. The summed E-state index contributed by atoms with van der Waals surface area (Å²) in [5.74, 6) is -0.123. The third-order valence-electron chi connectivity index (χ3n) is 5.18. The summed E-state index contributed by atoms with van der Waals surface area (Å²) in [6.45, 7) is 2.45. The van der Waals surface area contributed by atoms with E-state index in [0.717, 1.165) is 44.1 Å². The van der Waals surface area contributed by atoms with Crippen LogP contribution in [0.5, 0.6) is 0 Å². The number of fused-ring (bicyclic) bond motifs is 1. The fourth-order valence-corrected chi connectivity index (χ4v) is 3.54. The van der Waals surface area contributed by atoms with Gasteiger partial charge in [0.05, 0.1) is 0 Å². The monoisotopic (exact) mass is 384 g/mol. The summed E-state index contributed by atoms with van der Waals surface area (Å²) in [6.07, 6.45) is 12.6. The van der Waals surface area contributed by atoms with Crippen molar-refractivity contribution in [2.24, 2.45) is 0 Å². The Balaban J connectivity index is 0.00000300. The van der Waals surface area contributed by atoms with E-state index in [1.54, 1.807) is 0 Å². The second kappa shape index (κ2) is 10.7. The number of carbonyl (C=O) groups excluding carboxylic acids is 2. The number of urea groups is 1. The highest BCUT2D eigenvalue weighted by Crippen LogP contribution is 2.21. The van der Waals surface area contributed by atoms with Gasteiger partial charge in [-0.3, -0.25) is 4.79 Å². The van der Waals surface area contributed by atoms with Gasteiger partial charge in [0.1, 0.15) is 6.61 Å². The Kier molecular flexibility index (Phi) is 7.71. The summed E-state index contributed by atoms with van der Waals surface area (Å²) >= 11 is 0. The molecule has 0 saturated carbocycles. The van der Waals surface area contributed by atoms with Crippen molar-refractivity contribution in [1.82, 2.24) is 10.2 Å². The van der Waals surface area contributed by atoms with Crippen molar-refractivity contribution in [2.75, 3.05) is 13.2 Å². The molecule has 1 aromatic rings. The van der Waals surface area contributed by atoms with Crippen LogP contribution >= 0.6 is 0 Å². The lowest BCUT2D eigenvalue weighted by Gasteiger charge is -2.16. The molecule has 0 atom stereocenters. The van der Waals surface area contributed by atoms with E-state index in [1.807, 2.05) is 23.1 Å². The highest BCUT2D eigenvalue weighted by atomic mass is 16.5. The van der Waals surface area contributed by atoms with Gasteiger partial charge in [-0.05, 0) is 42.4 Å². The smallest absolute Gasteiger partial charge is 0.318 e. The Morgan fingerprint density at radius 2 is 1.79 bits per heavy atom. The molecule has 0 spiro atoms. The number of unbranched alkanes of at least 4 members (excludes halogenated alkanes) is 3. The molecule has 2 amide bonds. The highest BCUT2D eigenvalue weighted by Gasteiger charge is 2.22. The van der Waals surface area contributed by atoms with E-state index in [2.05, 4.69) is 29.6 Å². The lowest BCUT2D eigenvalue weighted by atomic mass is 10.1. The zero-order valence-electron chi connectivity index (χ0n) is 16.5. The fraction of sp³-hybridized carbons (Fsp3) is 0.478. The van der Waals surface area contributed by atoms with Gasteiger partial charge in [0.2, 0.25) is 0 Å². The van der Waals surface area contributed by atoms with Crippen LogP contribution in [-0.2, 0) is 22.6 Å². The van der Waals surface area contributed by atoms with Crippen LogP contribution in [0.1, 0.15) is 57.5 Å². The van der Waals surface area contributed by atoms with Crippen LogP contribution in [0.15, 0.2) is 48.1 Å². The minimum absolute atomic E-state index is 0. The molecule has 1 aliphatic heterocycles. The van der Waals surface area contributed by atoms with Crippen LogP contribution in [0.3, 0.4) is 0 Å². The highest BCUT2D eigenvalue weighted by molar-refractivity contribution is 5.75. The third kappa shape index (κ3) is 6.25. The van der Waals surface area contributed by atoms with Gasteiger partial charge in [-0.15, -0.1) is 0 Å². The Morgan fingerprint density at radius 1 is 1.04 bits per heavy atom. The van der Waals surface area contributed by atoms with E-state index in [4.69, 9.17) is 4.74 Å². The summed E-state index contributed by atoms with van der Waals surface area (Å²) in [7, 11) is 0. The SMILES string of the molecule is O=C(CCCCCCNC(=O)N1Cc2ccccc2C1)OCC1=CCCC=C1.[HH]. The van der Waals surface area contributed by atoms with Gasteiger partial charge < -0.3 is 15.0 Å².